The van der Waals surface area contributed by atoms with E-state index in [4.69, 9.17) is 4.98 Å². The van der Waals surface area contributed by atoms with Gasteiger partial charge in [-0.05, 0) is 36.8 Å². The molecule has 0 atom stereocenters. The highest BCUT2D eigenvalue weighted by Gasteiger charge is 2.16. The van der Waals surface area contributed by atoms with Crippen molar-refractivity contribution in [2.24, 2.45) is 0 Å². The summed E-state index contributed by atoms with van der Waals surface area (Å²) in [5.41, 5.74) is 5.13. The predicted octanol–water partition coefficient (Wildman–Crippen LogP) is 4.80. The second-order valence-electron chi connectivity index (χ2n) is 6.15. The van der Waals surface area contributed by atoms with Crippen molar-refractivity contribution in [2.75, 3.05) is 24.3 Å². The number of halogens is 1. The molecule has 8 heteroatoms. The van der Waals surface area contributed by atoms with Crippen LogP contribution in [0.15, 0.2) is 48.1 Å². The third-order valence-electron chi connectivity index (χ3n) is 4.19. The summed E-state index contributed by atoms with van der Waals surface area (Å²) in [6, 6.07) is 10.2. The third kappa shape index (κ3) is 3.81. The van der Waals surface area contributed by atoms with Gasteiger partial charge in [-0.2, -0.15) is 0 Å². The SMILES string of the molecule is Br.CCc1nc2ncccn2c1-c1csc(Nc2ccc(N(C)C)cc2)n1. The first kappa shape index (κ1) is 19.3. The van der Waals surface area contributed by atoms with Crippen molar-refractivity contribution < 1.29 is 0 Å². The molecule has 0 saturated heterocycles. The molecule has 3 aromatic heterocycles. The minimum absolute atomic E-state index is 0. The van der Waals surface area contributed by atoms with Gasteiger partial charge in [0.15, 0.2) is 5.13 Å². The van der Waals surface area contributed by atoms with Crippen molar-refractivity contribution in [1.29, 1.82) is 0 Å². The zero-order chi connectivity index (χ0) is 18.1. The lowest BCUT2D eigenvalue weighted by atomic mass is 10.2. The molecule has 0 aliphatic rings. The van der Waals surface area contributed by atoms with E-state index in [-0.39, 0.29) is 17.0 Å². The number of benzene rings is 1. The van der Waals surface area contributed by atoms with Crippen LogP contribution in [0.4, 0.5) is 16.5 Å². The highest BCUT2D eigenvalue weighted by Crippen LogP contribution is 2.30. The summed E-state index contributed by atoms with van der Waals surface area (Å²) in [6.07, 6.45) is 4.58. The average molecular weight is 445 g/mol. The standard InChI is InChI=1S/C19H20N6S.BrH/c1-4-15-17(25-11-5-10-20-18(25)22-15)16-12-26-19(23-16)21-13-6-8-14(9-7-13)24(2)3;/h5-12H,4H2,1-3H3,(H,21,23);1H. The Morgan fingerprint density at radius 1 is 1.15 bits per heavy atom. The lowest BCUT2D eigenvalue weighted by molar-refractivity contribution is 1.07. The van der Waals surface area contributed by atoms with Gasteiger partial charge in [0.2, 0.25) is 5.78 Å². The van der Waals surface area contributed by atoms with E-state index in [1.54, 1.807) is 17.5 Å². The minimum Gasteiger partial charge on any atom is -0.378 e. The summed E-state index contributed by atoms with van der Waals surface area (Å²) in [4.78, 5) is 15.8. The molecule has 0 saturated carbocycles. The van der Waals surface area contributed by atoms with E-state index in [2.05, 4.69) is 56.8 Å². The van der Waals surface area contributed by atoms with Gasteiger partial charge in [0, 0.05) is 43.2 Å². The van der Waals surface area contributed by atoms with E-state index in [9.17, 15) is 0 Å². The molecule has 0 spiro atoms. The van der Waals surface area contributed by atoms with Crippen molar-refractivity contribution in [3.8, 4) is 11.4 Å². The van der Waals surface area contributed by atoms with Crippen molar-refractivity contribution in [3.63, 3.8) is 0 Å². The fourth-order valence-corrected chi connectivity index (χ4v) is 3.57. The Morgan fingerprint density at radius 3 is 2.63 bits per heavy atom. The first-order valence-corrected chi connectivity index (χ1v) is 9.36. The van der Waals surface area contributed by atoms with Crippen LogP contribution in [0.5, 0.6) is 0 Å². The molecule has 0 aliphatic heterocycles. The lowest BCUT2D eigenvalue weighted by Gasteiger charge is -2.12. The largest absolute Gasteiger partial charge is 0.378 e. The second-order valence-corrected chi connectivity index (χ2v) is 7.01. The van der Waals surface area contributed by atoms with Gasteiger partial charge < -0.3 is 10.2 Å². The number of nitrogens with zero attached hydrogens (tertiary/aromatic N) is 5. The number of fused-ring (bicyclic) bond motifs is 1. The zero-order valence-corrected chi connectivity index (χ0v) is 17.9. The van der Waals surface area contributed by atoms with Gasteiger partial charge in [-0.3, -0.25) is 4.40 Å². The molecule has 0 radical (unpaired) electrons. The number of imidazole rings is 1. The van der Waals surface area contributed by atoms with Gasteiger partial charge in [-0.25, -0.2) is 15.0 Å². The molecular weight excluding hydrogens is 424 g/mol. The molecular formula is C19H21BrN6S. The maximum Gasteiger partial charge on any atom is 0.234 e. The highest BCUT2D eigenvalue weighted by atomic mass is 79.9. The summed E-state index contributed by atoms with van der Waals surface area (Å²) in [6.45, 7) is 2.10. The van der Waals surface area contributed by atoms with Gasteiger partial charge in [0.1, 0.15) is 5.69 Å². The maximum atomic E-state index is 4.77. The third-order valence-corrected chi connectivity index (χ3v) is 4.95. The molecule has 6 nitrogen and oxygen atoms in total. The van der Waals surface area contributed by atoms with Crippen LogP contribution < -0.4 is 10.2 Å². The van der Waals surface area contributed by atoms with E-state index in [0.717, 1.165) is 34.3 Å². The lowest BCUT2D eigenvalue weighted by Crippen LogP contribution is -2.08. The topological polar surface area (TPSA) is 58.4 Å². The Morgan fingerprint density at radius 2 is 1.93 bits per heavy atom. The molecule has 140 valence electrons. The molecule has 3 heterocycles. The smallest absolute Gasteiger partial charge is 0.234 e. The van der Waals surface area contributed by atoms with Gasteiger partial charge in [-0.15, -0.1) is 28.3 Å². The van der Waals surface area contributed by atoms with Crippen LogP contribution in [-0.4, -0.2) is 33.4 Å². The summed E-state index contributed by atoms with van der Waals surface area (Å²) < 4.78 is 2.00. The Labute approximate surface area is 172 Å². The Kier molecular flexibility index (Phi) is 5.76. The monoisotopic (exact) mass is 444 g/mol. The Bertz CT molecular complexity index is 1040. The summed E-state index contributed by atoms with van der Waals surface area (Å²) >= 11 is 1.59. The van der Waals surface area contributed by atoms with E-state index in [0.29, 0.717) is 5.78 Å². The molecule has 0 amide bonds. The quantitative estimate of drug-likeness (QED) is 0.478. The fraction of sp³-hybridized carbons (Fsp3) is 0.211. The minimum atomic E-state index is 0. The molecule has 0 bridgehead atoms. The number of aryl methyl sites for hydroxylation is 1. The van der Waals surface area contributed by atoms with Crippen molar-refractivity contribution >= 4 is 50.6 Å². The van der Waals surface area contributed by atoms with Crippen LogP contribution in [0.3, 0.4) is 0 Å². The number of thiazole rings is 1. The van der Waals surface area contributed by atoms with E-state index >= 15 is 0 Å². The van der Waals surface area contributed by atoms with Gasteiger partial charge in [-0.1, -0.05) is 6.92 Å². The molecule has 4 aromatic rings. The van der Waals surface area contributed by atoms with Crippen LogP contribution in [0, 0.1) is 0 Å². The van der Waals surface area contributed by atoms with Crippen LogP contribution in [0.2, 0.25) is 0 Å². The van der Waals surface area contributed by atoms with Crippen LogP contribution >= 0.6 is 28.3 Å². The van der Waals surface area contributed by atoms with Gasteiger partial charge in [0.05, 0.1) is 11.4 Å². The summed E-state index contributed by atoms with van der Waals surface area (Å²) in [5, 5.41) is 6.30. The number of nitrogens with one attached hydrogen (secondary N) is 1. The molecule has 1 aromatic carbocycles. The maximum absolute atomic E-state index is 4.77. The Balaban J connectivity index is 0.00000210. The van der Waals surface area contributed by atoms with Crippen LogP contribution in [0.1, 0.15) is 12.6 Å². The number of hydrogen-bond donors (Lipinski definition) is 1. The van der Waals surface area contributed by atoms with Crippen molar-refractivity contribution in [1.82, 2.24) is 19.4 Å². The molecule has 1 N–H and O–H groups in total. The van der Waals surface area contributed by atoms with Crippen LogP contribution in [0.25, 0.3) is 17.2 Å². The van der Waals surface area contributed by atoms with Crippen molar-refractivity contribution in [2.45, 2.75) is 13.3 Å². The first-order chi connectivity index (χ1) is 12.7. The van der Waals surface area contributed by atoms with E-state index < -0.39 is 0 Å². The number of anilines is 3. The second kappa shape index (κ2) is 8.06. The fourth-order valence-electron chi connectivity index (χ4n) is 2.86. The van der Waals surface area contributed by atoms with E-state index in [1.807, 2.05) is 30.8 Å². The molecule has 0 aliphatic carbocycles. The van der Waals surface area contributed by atoms with Gasteiger partial charge in [0.25, 0.3) is 0 Å². The average Bonchev–Trinajstić information content (AvgIpc) is 3.25. The number of aromatic nitrogens is 4. The summed E-state index contributed by atoms with van der Waals surface area (Å²) in [7, 11) is 4.07. The normalized spacial score (nSPS) is 10.6. The molecule has 0 fully saturated rings. The Hall–Kier alpha value is -2.45. The summed E-state index contributed by atoms with van der Waals surface area (Å²) in [5.74, 6) is 0.709. The zero-order valence-electron chi connectivity index (χ0n) is 15.4. The first-order valence-electron chi connectivity index (χ1n) is 8.48. The number of hydrogen-bond acceptors (Lipinski definition) is 6. The molecule has 4 rings (SSSR count). The number of rotatable bonds is 5. The van der Waals surface area contributed by atoms with Crippen molar-refractivity contribution in [3.05, 3.63) is 53.8 Å². The highest BCUT2D eigenvalue weighted by molar-refractivity contribution is 8.93. The molecule has 27 heavy (non-hydrogen) atoms. The molecule has 0 unspecified atom stereocenters. The van der Waals surface area contributed by atoms with Crippen LogP contribution in [-0.2, 0) is 6.42 Å². The van der Waals surface area contributed by atoms with E-state index in [1.165, 1.54) is 5.69 Å². The van der Waals surface area contributed by atoms with Gasteiger partial charge >= 0.3 is 0 Å². The predicted molar refractivity (Wildman–Crippen MR) is 118 cm³/mol.